The summed E-state index contributed by atoms with van der Waals surface area (Å²) in [5, 5.41) is 59.8. The molecule has 0 radical (unpaired) electrons. The van der Waals surface area contributed by atoms with Gasteiger partial charge in [0, 0.05) is 56.6 Å². The Hall–Kier alpha value is -7.30. The van der Waals surface area contributed by atoms with E-state index in [0.717, 1.165) is 6.92 Å². The van der Waals surface area contributed by atoms with E-state index in [1.165, 1.54) is 38.1 Å². The monoisotopic (exact) mass is 1320 g/mol. The van der Waals surface area contributed by atoms with Gasteiger partial charge in [-0.15, -0.1) is 0 Å². The van der Waals surface area contributed by atoms with Crippen molar-refractivity contribution in [2.45, 2.75) is 172 Å². The third-order valence-electron chi connectivity index (χ3n) is 18.5. The molecule has 4 fully saturated rings. The van der Waals surface area contributed by atoms with E-state index in [1.54, 1.807) is 109 Å². The van der Waals surface area contributed by atoms with Gasteiger partial charge in [0.05, 0.1) is 75.5 Å². The van der Waals surface area contributed by atoms with Crippen molar-refractivity contribution < 1.29 is 111 Å². The molecule has 0 aromatic heterocycles. The molecule has 3 aliphatic carbocycles. The van der Waals surface area contributed by atoms with Gasteiger partial charge < -0.3 is 88.5 Å². The number of ether oxygens (including phenoxy) is 11. The van der Waals surface area contributed by atoms with Gasteiger partial charge in [-0.05, 0) is 82.7 Å². The number of rotatable bonds is 31. The van der Waals surface area contributed by atoms with Crippen molar-refractivity contribution >= 4 is 47.6 Å². The number of ketones is 1. The number of hydrogen-bond acceptors (Lipinski definition) is 23. The molecule has 3 saturated carbocycles. The number of fused-ring (bicyclic) bond motifs is 5. The van der Waals surface area contributed by atoms with Crippen molar-refractivity contribution in [2.75, 3.05) is 66.5 Å². The Kier molecular flexibility index (Phi) is 25.6. The summed E-state index contributed by atoms with van der Waals surface area (Å²) < 4.78 is 64.1. The fourth-order valence-corrected chi connectivity index (χ4v) is 13.6. The third-order valence-corrected chi connectivity index (χ3v) is 18.5. The fourth-order valence-electron chi connectivity index (χ4n) is 13.6. The number of benzene rings is 3. The van der Waals surface area contributed by atoms with Gasteiger partial charge in [-0.1, -0.05) is 88.4 Å². The van der Waals surface area contributed by atoms with Gasteiger partial charge in [0.15, 0.2) is 36.1 Å². The van der Waals surface area contributed by atoms with Crippen molar-refractivity contribution in [2.24, 2.45) is 28.6 Å². The number of methoxy groups -OCH3 is 1. The molecule has 7 N–H and O–H groups in total. The topological polar surface area (TPSA) is 355 Å². The fraction of sp³-hybridized carbons (Fsp3) is 0.618. The second-order valence-corrected chi connectivity index (χ2v) is 26.3. The number of carbonyl (C=O) groups excluding carboxylic acids is 8. The van der Waals surface area contributed by atoms with Crippen LogP contribution in [-0.4, -0.2) is 200 Å². The number of aliphatic hydroxyl groups is 4. The third kappa shape index (κ3) is 17.6. The molecule has 26 nitrogen and oxygen atoms in total. The van der Waals surface area contributed by atoms with Crippen LogP contribution in [0.5, 0.6) is 11.5 Å². The highest BCUT2D eigenvalue weighted by atomic mass is 16.6. The summed E-state index contributed by atoms with van der Waals surface area (Å²) in [5.74, 6) is -9.20. The zero-order valence-corrected chi connectivity index (χ0v) is 55.2. The van der Waals surface area contributed by atoms with Crippen LogP contribution in [0.1, 0.15) is 123 Å². The highest BCUT2D eigenvalue weighted by Crippen LogP contribution is 2.66. The van der Waals surface area contributed by atoms with E-state index in [9.17, 15) is 54.0 Å². The Morgan fingerprint density at radius 2 is 1.37 bits per heavy atom. The lowest BCUT2D eigenvalue weighted by atomic mass is 9.42. The number of alkyl carbamates (subject to hydrolysis) is 1. The Labute approximate surface area is 547 Å². The van der Waals surface area contributed by atoms with Crippen LogP contribution >= 0.6 is 0 Å². The summed E-state index contributed by atoms with van der Waals surface area (Å²) in [7, 11) is 1.58. The molecular formula is C68H93N3O23. The van der Waals surface area contributed by atoms with Gasteiger partial charge in [0.1, 0.15) is 35.6 Å². The average Bonchev–Trinajstić information content (AvgIpc) is 0.671. The summed E-state index contributed by atoms with van der Waals surface area (Å²) in [4.78, 5) is 110. The van der Waals surface area contributed by atoms with Crippen LogP contribution < -0.4 is 25.4 Å². The summed E-state index contributed by atoms with van der Waals surface area (Å²) in [6.07, 6.45) is -12.1. The maximum Gasteiger partial charge on any atom is 0.408 e. The predicted molar refractivity (Wildman–Crippen MR) is 333 cm³/mol. The van der Waals surface area contributed by atoms with E-state index in [4.69, 9.17) is 52.1 Å². The number of aliphatic hydroxyl groups excluding tert-OH is 3. The minimum absolute atomic E-state index is 0.00209. The molecule has 1 saturated heterocycles. The van der Waals surface area contributed by atoms with Crippen molar-refractivity contribution in [3.05, 3.63) is 96.1 Å². The van der Waals surface area contributed by atoms with Gasteiger partial charge in [-0.3, -0.25) is 19.2 Å². The van der Waals surface area contributed by atoms with Crippen LogP contribution in [0.4, 0.5) is 4.79 Å². The number of esters is 4. The lowest BCUT2D eigenvalue weighted by Gasteiger charge is -2.70. The zero-order chi connectivity index (χ0) is 68.8. The van der Waals surface area contributed by atoms with E-state index in [1.807, 2.05) is 0 Å². The molecular weight excluding hydrogens is 1230 g/mol. The molecule has 94 heavy (non-hydrogen) atoms. The number of para-hydroxylation sites is 2. The first kappa shape index (κ1) is 74.1. The van der Waals surface area contributed by atoms with Crippen LogP contribution in [0.2, 0.25) is 0 Å². The molecule has 518 valence electrons. The van der Waals surface area contributed by atoms with Crippen LogP contribution in [0, 0.1) is 28.6 Å². The molecule has 3 aromatic rings. The molecule has 26 heteroatoms. The number of carbonyl (C=O) groups is 8. The zero-order valence-electron chi connectivity index (χ0n) is 55.2. The van der Waals surface area contributed by atoms with Crippen LogP contribution in [-0.2, 0) is 71.4 Å². The Morgan fingerprint density at radius 1 is 0.755 bits per heavy atom. The molecule has 1 heterocycles. The Morgan fingerprint density at radius 3 is 1.98 bits per heavy atom. The first-order chi connectivity index (χ1) is 44.5. The molecule has 7 rings (SSSR count). The summed E-state index contributed by atoms with van der Waals surface area (Å²) in [6, 6.07) is 19.4. The van der Waals surface area contributed by atoms with Gasteiger partial charge in [0.2, 0.25) is 12.0 Å². The van der Waals surface area contributed by atoms with E-state index in [2.05, 4.69) is 16.0 Å². The van der Waals surface area contributed by atoms with Crippen LogP contribution in [0.3, 0.4) is 0 Å². The second kappa shape index (κ2) is 32.4. The smallest absolute Gasteiger partial charge is 0.408 e. The molecule has 3 amide bonds. The number of unbranched alkanes of at least 4 members (excludes halogenated alkanes) is 1. The number of nitrogens with one attached hydrogen (secondary N) is 3. The van der Waals surface area contributed by atoms with Crippen molar-refractivity contribution in [3.8, 4) is 11.5 Å². The predicted octanol–water partition coefficient (Wildman–Crippen LogP) is 4.43. The second-order valence-electron chi connectivity index (χ2n) is 26.3. The van der Waals surface area contributed by atoms with E-state index < -0.39 is 156 Å². The molecule has 1 aliphatic heterocycles. The summed E-state index contributed by atoms with van der Waals surface area (Å²) >= 11 is 0. The van der Waals surface area contributed by atoms with E-state index in [-0.39, 0.29) is 66.8 Å². The Bertz CT molecular complexity index is 3070. The molecule has 15 atom stereocenters. The van der Waals surface area contributed by atoms with Crippen LogP contribution in [0.25, 0.3) is 0 Å². The van der Waals surface area contributed by atoms with E-state index in [0.29, 0.717) is 45.8 Å². The molecule has 0 spiro atoms. The average molecular weight is 1320 g/mol. The summed E-state index contributed by atoms with van der Waals surface area (Å²) in [5.41, 5.74) is -8.48. The number of hydrogen-bond donors (Lipinski definition) is 7. The van der Waals surface area contributed by atoms with Gasteiger partial charge >= 0.3 is 30.0 Å². The standard InChI is InChI=1S/C68H93N3O23/c1-40-48(36-68(83)60(92-61(80)44-23-15-12-16-24-44)58-66(9,59(79)56(78)54(40)65(68,7)8)49(74)35-50-67(58,39-89-50)93-42(3)73)90-62(81)57(55(43-21-13-11-14-22-43)71-63(82)94-64(4,5)6)91-53(77)38-88-47-27-18-17-26-46(47)87-37-52(76)70-45(41(2)72)25-19-20-29-69-51(75)28-30-85-33-34-86-32-31-84-10/h11-18,21-24,26-27,40,45,48-50,54-60,74,78-79,83H,19-20,25,28-39H2,1-10H3,(H,69,75)(H,70,76)(H,71,82)/t40?,45?,48-,49-,50+,54-,55-,56+,57+,58-,59+,60-,66+,67-,68+/m0/s1. The molecule has 2 unspecified atom stereocenters. The van der Waals surface area contributed by atoms with E-state index >= 15 is 4.79 Å². The Balaban J connectivity index is 1.11. The first-order valence-electron chi connectivity index (χ1n) is 31.8. The maximum absolute atomic E-state index is 15.5. The lowest BCUT2D eigenvalue weighted by Crippen LogP contribution is -2.83. The molecule has 2 bridgehead atoms. The lowest BCUT2D eigenvalue weighted by molar-refractivity contribution is -0.379. The maximum atomic E-state index is 15.5. The number of amides is 3. The first-order valence-corrected chi connectivity index (χ1v) is 31.8. The number of Topliss-reactive ketones (excluding diaryl/α,β-unsaturated/α-hetero) is 1. The van der Waals surface area contributed by atoms with Crippen molar-refractivity contribution in [1.29, 1.82) is 0 Å². The van der Waals surface area contributed by atoms with Gasteiger partial charge in [-0.25, -0.2) is 19.2 Å². The SMILES string of the molecule is COCCOCCOCCC(=O)NCCCCC(NC(=O)COc1ccccc1OCC(=O)O[C@@H](C(=O)O[C@H]1C[C@@]2(O)[C@@H](OC(=O)c3ccccc3)[C@@H]3[C@]4(OC(C)=O)CO[C@@H]4C[C@H](O)[C@@]3(C)[C@H](O)[C@H](O)[C@H](C1C)C2(C)C)[C@@H](NC(=O)OC(C)(C)C)c1ccccc1)C(C)=O. The minimum atomic E-state index is -2.42. The normalized spacial score (nSPS) is 27.6. The molecule has 3 aromatic carbocycles. The molecule has 4 aliphatic rings. The highest BCUT2D eigenvalue weighted by Gasteiger charge is 2.79. The van der Waals surface area contributed by atoms with Crippen molar-refractivity contribution in [3.63, 3.8) is 0 Å². The van der Waals surface area contributed by atoms with Crippen molar-refractivity contribution in [1.82, 2.24) is 16.0 Å². The highest BCUT2D eigenvalue weighted by molar-refractivity contribution is 5.90. The van der Waals surface area contributed by atoms with Gasteiger partial charge in [-0.2, -0.15) is 0 Å². The summed E-state index contributed by atoms with van der Waals surface area (Å²) in [6.45, 7) is 14.0. The quantitative estimate of drug-likeness (QED) is 0.0266. The van der Waals surface area contributed by atoms with Crippen LogP contribution in [0.15, 0.2) is 84.9 Å². The van der Waals surface area contributed by atoms with Gasteiger partial charge in [0.25, 0.3) is 5.91 Å². The minimum Gasteiger partial charge on any atom is -0.480 e. The largest absolute Gasteiger partial charge is 0.480 e.